The number of carbonyl (C=O) groups is 1. The standard InChI is InChI=1S/C14H21NO2/c1-3-12(8-9-16)10-13-4-6-14(7-5-13)15-11(2)17/h4-7,12,16H,3,8-10H2,1-2H3,(H,15,17). The lowest BCUT2D eigenvalue weighted by molar-refractivity contribution is -0.114. The molecule has 0 spiro atoms. The van der Waals surface area contributed by atoms with E-state index in [2.05, 4.69) is 12.2 Å². The van der Waals surface area contributed by atoms with Crippen molar-refractivity contribution in [3.05, 3.63) is 29.8 Å². The van der Waals surface area contributed by atoms with Crippen molar-refractivity contribution in [3.63, 3.8) is 0 Å². The van der Waals surface area contributed by atoms with Gasteiger partial charge in [0.2, 0.25) is 5.91 Å². The Balaban J connectivity index is 2.57. The maximum absolute atomic E-state index is 10.9. The average molecular weight is 235 g/mol. The average Bonchev–Trinajstić information content (AvgIpc) is 2.30. The van der Waals surface area contributed by atoms with Gasteiger partial charge in [0.15, 0.2) is 0 Å². The molecule has 1 aromatic carbocycles. The van der Waals surface area contributed by atoms with Gasteiger partial charge in [-0.15, -0.1) is 0 Å². The summed E-state index contributed by atoms with van der Waals surface area (Å²) in [7, 11) is 0. The van der Waals surface area contributed by atoms with Crippen LogP contribution in [0.1, 0.15) is 32.3 Å². The van der Waals surface area contributed by atoms with E-state index in [0.717, 1.165) is 24.9 Å². The van der Waals surface area contributed by atoms with Crippen molar-refractivity contribution in [2.24, 2.45) is 5.92 Å². The van der Waals surface area contributed by atoms with Gasteiger partial charge in [0.25, 0.3) is 0 Å². The Kier molecular flexibility index (Phi) is 5.70. The molecule has 3 nitrogen and oxygen atoms in total. The van der Waals surface area contributed by atoms with Gasteiger partial charge in [-0.05, 0) is 36.5 Å². The van der Waals surface area contributed by atoms with E-state index in [4.69, 9.17) is 5.11 Å². The van der Waals surface area contributed by atoms with Gasteiger partial charge in [0.1, 0.15) is 0 Å². The minimum atomic E-state index is -0.0514. The van der Waals surface area contributed by atoms with Gasteiger partial charge in [-0.1, -0.05) is 25.5 Å². The van der Waals surface area contributed by atoms with Crippen molar-refractivity contribution < 1.29 is 9.90 Å². The Bertz CT molecular complexity index is 346. The molecular formula is C14H21NO2. The quantitative estimate of drug-likeness (QED) is 0.796. The number of amides is 1. The molecule has 1 unspecified atom stereocenters. The van der Waals surface area contributed by atoms with Crippen molar-refractivity contribution >= 4 is 11.6 Å². The first-order valence-electron chi connectivity index (χ1n) is 6.13. The first kappa shape index (κ1) is 13.7. The number of hydrogen-bond donors (Lipinski definition) is 2. The molecule has 0 aromatic heterocycles. The molecule has 3 heteroatoms. The lowest BCUT2D eigenvalue weighted by atomic mass is 9.94. The van der Waals surface area contributed by atoms with Crippen molar-refractivity contribution in [2.75, 3.05) is 11.9 Å². The molecular weight excluding hydrogens is 214 g/mol. The number of benzene rings is 1. The molecule has 2 N–H and O–H groups in total. The summed E-state index contributed by atoms with van der Waals surface area (Å²) in [5.41, 5.74) is 2.08. The van der Waals surface area contributed by atoms with E-state index in [-0.39, 0.29) is 12.5 Å². The second-order valence-electron chi connectivity index (χ2n) is 4.37. The summed E-state index contributed by atoms with van der Waals surface area (Å²) in [6.07, 6.45) is 2.91. The summed E-state index contributed by atoms with van der Waals surface area (Å²) in [6, 6.07) is 7.90. The second kappa shape index (κ2) is 7.07. The third-order valence-corrected chi connectivity index (χ3v) is 2.91. The largest absolute Gasteiger partial charge is 0.396 e. The number of rotatable bonds is 6. The highest BCUT2D eigenvalue weighted by Crippen LogP contribution is 2.17. The van der Waals surface area contributed by atoms with E-state index in [9.17, 15) is 4.79 Å². The van der Waals surface area contributed by atoms with Gasteiger partial charge in [-0.2, -0.15) is 0 Å². The van der Waals surface area contributed by atoms with Gasteiger partial charge in [-0.25, -0.2) is 0 Å². The fourth-order valence-electron chi connectivity index (χ4n) is 1.89. The van der Waals surface area contributed by atoms with Crippen LogP contribution in [0.2, 0.25) is 0 Å². The van der Waals surface area contributed by atoms with Crippen LogP contribution in [-0.4, -0.2) is 17.6 Å². The Morgan fingerprint density at radius 3 is 2.47 bits per heavy atom. The summed E-state index contributed by atoms with van der Waals surface area (Å²) in [6.45, 7) is 3.90. The smallest absolute Gasteiger partial charge is 0.221 e. The number of aliphatic hydroxyl groups is 1. The number of nitrogens with one attached hydrogen (secondary N) is 1. The predicted octanol–water partition coefficient (Wildman–Crippen LogP) is 2.60. The molecule has 1 atom stereocenters. The second-order valence-corrected chi connectivity index (χ2v) is 4.37. The molecule has 0 aliphatic heterocycles. The molecule has 0 aliphatic carbocycles. The Morgan fingerprint density at radius 2 is 2.00 bits per heavy atom. The summed E-state index contributed by atoms with van der Waals surface area (Å²) < 4.78 is 0. The third kappa shape index (κ3) is 5.00. The zero-order valence-corrected chi connectivity index (χ0v) is 10.6. The molecule has 0 radical (unpaired) electrons. The number of aliphatic hydroxyl groups excluding tert-OH is 1. The normalized spacial score (nSPS) is 12.2. The van der Waals surface area contributed by atoms with E-state index in [1.165, 1.54) is 12.5 Å². The summed E-state index contributed by atoms with van der Waals surface area (Å²) in [5, 5.41) is 11.7. The summed E-state index contributed by atoms with van der Waals surface area (Å²) >= 11 is 0. The molecule has 17 heavy (non-hydrogen) atoms. The van der Waals surface area contributed by atoms with Gasteiger partial charge >= 0.3 is 0 Å². The van der Waals surface area contributed by atoms with Gasteiger partial charge in [0, 0.05) is 19.2 Å². The lowest BCUT2D eigenvalue weighted by Crippen LogP contribution is -2.07. The van der Waals surface area contributed by atoms with Crippen LogP contribution in [0.3, 0.4) is 0 Å². The summed E-state index contributed by atoms with van der Waals surface area (Å²) in [5.74, 6) is 0.482. The number of carbonyl (C=O) groups excluding carboxylic acids is 1. The summed E-state index contributed by atoms with van der Waals surface area (Å²) in [4.78, 5) is 10.9. The maximum atomic E-state index is 10.9. The molecule has 1 aromatic rings. The van der Waals surface area contributed by atoms with E-state index in [1.807, 2.05) is 24.3 Å². The van der Waals surface area contributed by atoms with Crippen LogP contribution >= 0.6 is 0 Å². The molecule has 0 saturated heterocycles. The van der Waals surface area contributed by atoms with Crippen molar-refractivity contribution in [3.8, 4) is 0 Å². The zero-order chi connectivity index (χ0) is 12.7. The van der Waals surface area contributed by atoms with Crippen molar-refractivity contribution in [1.82, 2.24) is 0 Å². The van der Waals surface area contributed by atoms with E-state index >= 15 is 0 Å². The van der Waals surface area contributed by atoms with Crippen LogP contribution in [0.25, 0.3) is 0 Å². The highest BCUT2D eigenvalue weighted by Gasteiger charge is 2.06. The topological polar surface area (TPSA) is 49.3 Å². The lowest BCUT2D eigenvalue weighted by Gasteiger charge is -2.13. The Morgan fingerprint density at radius 1 is 1.35 bits per heavy atom. The minimum absolute atomic E-state index is 0.0514. The van der Waals surface area contributed by atoms with Crippen LogP contribution in [0, 0.1) is 5.92 Å². The van der Waals surface area contributed by atoms with E-state index in [1.54, 1.807) is 0 Å². The molecule has 0 heterocycles. The van der Waals surface area contributed by atoms with Gasteiger partial charge < -0.3 is 10.4 Å². The van der Waals surface area contributed by atoms with Crippen LogP contribution in [-0.2, 0) is 11.2 Å². The molecule has 94 valence electrons. The minimum Gasteiger partial charge on any atom is -0.396 e. The fourth-order valence-corrected chi connectivity index (χ4v) is 1.89. The van der Waals surface area contributed by atoms with Gasteiger partial charge in [0.05, 0.1) is 0 Å². The van der Waals surface area contributed by atoms with Crippen LogP contribution in [0.15, 0.2) is 24.3 Å². The maximum Gasteiger partial charge on any atom is 0.221 e. The molecule has 0 aliphatic rings. The number of anilines is 1. The van der Waals surface area contributed by atoms with Crippen LogP contribution in [0.4, 0.5) is 5.69 Å². The fraction of sp³-hybridized carbons (Fsp3) is 0.500. The highest BCUT2D eigenvalue weighted by atomic mass is 16.3. The predicted molar refractivity (Wildman–Crippen MR) is 69.9 cm³/mol. The molecule has 0 fully saturated rings. The SMILES string of the molecule is CCC(CCO)Cc1ccc(NC(C)=O)cc1. The third-order valence-electron chi connectivity index (χ3n) is 2.91. The first-order valence-corrected chi connectivity index (χ1v) is 6.13. The molecule has 0 saturated carbocycles. The molecule has 1 rings (SSSR count). The van der Waals surface area contributed by atoms with Crippen molar-refractivity contribution in [1.29, 1.82) is 0 Å². The van der Waals surface area contributed by atoms with E-state index in [0.29, 0.717) is 5.92 Å². The number of hydrogen-bond acceptors (Lipinski definition) is 2. The van der Waals surface area contributed by atoms with Crippen LogP contribution in [0.5, 0.6) is 0 Å². The monoisotopic (exact) mass is 235 g/mol. The zero-order valence-electron chi connectivity index (χ0n) is 10.6. The Labute approximate surface area is 103 Å². The Hall–Kier alpha value is -1.35. The van der Waals surface area contributed by atoms with Crippen LogP contribution < -0.4 is 5.32 Å². The first-order chi connectivity index (χ1) is 8.15. The molecule has 1 amide bonds. The van der Waals surface area contributed by atoms with Gasteiger partial charge in [-0.3, -0.25) is 4.79 Å². The van der Waals surface area contributed by atoms with E-state index < -0.39 is 0 Å². The highest BCUT2D eigenvalue weighted by molar-refractivity contribution is 5.88. The molecule has 0 bridgehead atoms. The van der Waals surface area contributed by atoms with Crippen molar-refractivity contribution in [2.45, 2.75) is 33.1 Å².